The molecule has 2 aromatic heterocycles. The van der Waals surface area contributed by atoms with Crippen molar-refractivity contribution in [3.63, 3.8) is 0 Å². The Labute approximate surface area is 135 Å². The Bertz CT molecular complexity index is 838. The van der Waals surface area contributed by atoms with Crippen molar-refractivity contribution in [2.24, 2.45) is 0 Å². The van der Waals surface area contributed by atoms with Gasteiger partial charge in [0.05, 0.1) is 11.2 Å². The van der Waals surface area contributed by atoms with Crippen LogP contribution in [-0.4, -0.2) is 26.1 Å². The molecule has 23 heavy (non-hydrogen) atoms. The molecule has 8 heteroatoms. The summed E-state index contributed by atoms with van der Waals surface area (Å²) in [5.74, 6) is -0.641. The van der Waals surface area contributed by atoms with Crippen LogP contribution in [0.5, 0.6) is 0 Å². The molecule has 2 heterocycles. The highest BCUT2D eigenvalue weighted by molar-refractivity contribution is 7.99. The highest BCUT2D eigenvalue weighted by Crippen LogP contribution is 2.32. The van der Waals surface area contributed by atoms with E-state index in [9.17, 15) is 9.90 Å². The summed E-state index contributed by atoms with van der Waals surface area (Å²) in [6.45, 7) is 0. The molecule has 1 aromatic carbocycles. The molecule has 7 nitrogen and oxygen atoms in total. The van der Waals surface area contributed by atoms with Crippen LogP contribution in [0.4, 0.5) is 5.69 Å². The number of ketones is 1. The van der Waals surface area contributed by atoms with Crippen molar-refractivity contribution >= 4 is 29.0 Å². The molecule has 0 aliphatic carbocycles. The zero-order valence-corrected chi connectivity index (χ0v) is 12.6. The summed E-state index contributed by atoms with van der Waals surface area (Å²) in [5.41, 5.74) is 6.31. The molecule has 0 atom stereocenters. The van der Waals surface area contributed by atoms with Gasteiger partial charge in [-0.2, -0.15) is 5.10 Å². The number of benzene rings is 1. The third-order valence-corrected chi connectivity index (χ3v) is 3.92. The molecule has 4 N–H and O–H groups in total. The summed E-state index contributed by atoms with van der Waals surface area (Å²) >= 11 is 1.36. The summed E-state index contributed by atoms with van der Waals surface area (Å²) in [6, 6.07) is 8.94. The molecule has 0 saturated carbocycles. The van der Waals surface area contributed by atoms with E-state index in [-0.39, 0.29) is 17.3 Å². The number of carbonyl (C=O) groups excluding carboxylic acids is 1. The van der Waals surface area contributed by atoms with Crippen LogP contribution < -0.4 is 5.73 Å². The number of aliphatic hydroxyl groups excluding tert-OH is 1. The molecule has 3 aromatic rings. The summed E-state index contributed by atoms with van der Waals surface area (Å²) in [6.07, 6.45) is 3.75. The standard InChI is InChI=1S/C15H12N4O3S/c16-9-1-3-10(4-2-9)23-13-5-6-22-14(13)11(20)7-12(21)15-17-8-18-19-15/h1-8,21H,16H2,(H,17,18,19). The molecule has 0 unspecified atom stereocenters. The van der Waals surface area contributed by atoms with Gasteiger partial charge in [-0.25, -0.2) is 4.98 Å². The highest BCUT2D eigenvalue weighted by Gasteiger charge is 2.16. The van der Waals surface area contributed by atoms with Crippen molar-refractivity contribution < 1.29 is 14.3 Å². The highest BCUT2D eigenvalue weighted by atomic mass is 32.2. The predicted octanol–water partition coefficient (Wildman–Crippen LogP) is 2.91. The van der Waals surface area contributed by atoms with Crippen molar-refractivity contribution in [3.05, 3.63) is 60.6 Å². The number of furan rings is 1. The van der Waals surface area contributed by atoms with Crippen LogP contribution in [0.25, 0.3) is 5.76 Å². The summed E-state index contributed by atoms with van der Waals surface area (Å²) in [5, 5.41) is 16.0. The van der Waals surface area contributed by atoms with E-state index in [1.165, 1.54) is 24.4 Å². The van der Waals surface area contributed by atoms with Gasteiger partial charge in [-0.1, -0.05) is 11.8 Å². The number of hydrogen-bond donors (Lipinski definition) is 3. The lowest BCUT2D eigenvalue weighted by Gasteiger charge is -2.01. The molecule has 116 valence electrons. The Morgan fingerprint density at radius 3 is 2.78 bits per heavy atom. The largest absolute Gasteiger partial charge is 0.504 e. The first-order valence-electron chi connectivity index (χ1n) is 6.55. The van der Waals surface area contributed by atoms with E-state index in [4.69, 9.17) is 10.2 Å². The Balaban J connectivity index is 1.81. The van der Waals surface area contributed by atoms with Gasteiger partial charge in [-0.3, -0.25) is 9.89 Å². The lowest BCUT2D eigenvalue weighted by atomic mass is 10.2. The molecular formula is C15H12N4O3S. The van der Waals surface area contributed by atoms with Crippen molar-refractivity contribution in [3.8, 4) is 0 Å². The predicted molar refractivity (Wildman–Crippen MR) is 85.0 cm³/mol. The zero-order chi connectivity index (χ0) is 16.2. The number of carbonyl (C=O) groups is 1. The molecule has 0 aliphatic rings. The lowest BCUT2D eigenvalue weighted by molar-refractivity contribution is 0.101. The average molecular weight is 328 g/mol. The Morgan fingerprint density at radius 2 is 2.09 bits per heavy atom. The van der Waals surface area contributed by atoms with Gasteiger partial charge in [0.1, 0.15) is 6.33 Å². The van der Waals surface area contributed by atoms with E-state index in [0.29, 0.717) is 10.6 Å². The van der Waals surface area contributed by atoms with Crippen LogP contribution in [0.2, 0.25) is 0 Å². The SMILES string of the molecule is Nc1ccc(Sc2ccoc2C(=O)C=C(O)c2nc[nH]n2)cc1. The maximum atomic E-state index is 12.2. The number of rotatable bonds is 5. The van der Waals surface area contributed by atoms with Gasteiger partial charge >= 0.3 is 0 Å². The van der Waals surface area contributed by atoms with Gasteiger partial charge in [0, 0.05) is 16.7 Å². The molecule has 0 bridgehead atoms. The van der Waals surface area contributed by atoms with Crippen LogP contribution in [0.15, 0.2) is 63.2 Å². The number of hydrogen-bond acceptors (Lipinski definition) is 7. The van der Waals surface area contributed by atoms with Gasteiger partial charge in [-0.15, -0.1) is 0 Å². The fraction of sp³-hybridized carbons (Fsp3) is 0. The fourth-order valence-corrected chi connectivity index (χ4v) is 2.70. The molecule has 0 amide bonds. The number of allylic oxidation sites excluding steroid dienone is 1. The van der Waals surface area contributed by atoms with Gasteiger partial charge in [-0.05, 0) is 30.3 Å². The number of nitrogen functional groups attached to an aromatic ring is 1. The Hall–Kier alpha value is -3.00. The summed E-state index contributed by atoms with van der Waals surface area (Å²) in [4.78, 5) is 17.6. The van der Waals surface area contributed by atoms with E-state index in [2.05, 4.69) is 15.2 Å². The van der Waals surface area contributed by atoms with Crippen molar-refractivity contribution in [1.29, 1.82) is 0 Å². The Morgan fingerprint density at radius 1 is 1.30 bits per heavy atom. The molecular weight excluding hydrogens is 316 g/mol. The van der Waals surface area contributed by atoms with E-state index < -0.39 is 5.78 Å². The quantitative estimate of drug-likeness (QED) is 0.285. The van der Waals surface area contributed by atoms with E-state index in [1.807, 2.05) is 12.1 Å². The first-order chi connectivity index (χ1) is 11.1. The van der Waals surface area contributed by atoms with E-state index in [1.54, 1.807) is 18.2 Å². The number of aliphatic hydroxyl groups is 1. The molecule has 0 spiro atoms. The number of aromatic amines is 1. The summed E-state index contributed by atoms with van der Waals surface area (Å²) < 4.78 is 5.24. The number of nitrogens with one attached hydrogen (secondary N) is 1. The Kier molecular flexibility index (Phi) is 4.15. The van der Waals surface area contributed by atoms with Gasteiger partial charge in [0.25, 0.3) is 0 Å². The maximum Gasteiger partial charge on any atom is 0.226 e. The zero-order valence-electron chi connectivity index (χ0n) is 11.8. The molecule has 3 rings (SSSR count). The number of anilines is 1. The van der Waals surface area contributed by atoms with Crippen LogP contribution in [-0.2, 0) is 0 Å². The second kappa shape index (κ2) is 6.41. The number of H-pyrrole nitrogens is 1. The van der Waals surface area contributed by atoms with Crippen LogP contribution in [0.1, 0.15) is 16.4 Å². The monoisotopic (exact) mass is 328 g/mol. The normalized spacial score (nSPS) is 11.6. The molecule has 0 fully saturated rings. The van der Waals surface area contributed by atoms with E-state index in [0.717, 1.165) is 11.0 Å². The third kappa shape index (κ3) is 3.43. The first-order valence-corrected chi connectivity index (χ1v) is 7.37. The average Bonchev–Trinajstić information content (AvgIpc) is 3.20. The van der Waals surface area contributed by atoms with Gasteiger partial charge in [0.15, 0.2) is 11.5 Å². The minimum absolute atomic E-state index is 0.0395. The third-order valence-electron chi connectivity index (χ3n) is 2.87. The minimum atomic E-state index is -0.477. The fourth-order valence-electron chi connectivity index (χ4n) is 1.81. The van der Waals surface area contributed by atoms with Crippen molar-refractivity contribution in [1.82, 2.24) is 15.2 Å². The number of aromatic nitrogens is 3. The number of nitrogens with zero attached hydrogens (tertiary/aromatic N) is 2. The van der Waals surface area contributed by atoms with E-state index >= 15 is 0 Å². The first kappa shape index (κ1) is 14.9. The molecule has 0 saturated heterocycles. The second-order valence-electron chi connectivity index (χ2n) is 4.50. The van der Waals surface area contributed by atoms with Gasteiger partial charge in [0.2, 0.25) is 11.6 Å². The second-order valence-corrected chi connectivity index (χ2v) is 5.62. The van der Waals surface area contributed by atoms with Crippen molar-refractivity contribution in [2.45, 2.75) is 9.79 Å². The van der Waals surface area contributed by atoms with Crippen LogP contribution in [0, 0.1) is 0 Å². The van der Waals surface area contributed by atoms with Crippen LogP contribution >= 0.6 is 11.8 Å². The minimum Gasteiger partial charge on any atom is -0.504 e. The van der Waals surface area contributed by atoms with Crippen LogP contribution in [0.3, 0.4) is 0 Å². The van der Waals surface area contributed by atoms with Crippen molar-refractivity contribution in [2.75, 3.05) is 5.73 Å². The smallest absolute Gasteiger partial charge is 0.226 e. The van der Waals surface area contributed by atoms with Gasteiger partial charge < -0.3 is 15.3 Å². The maximum absolute atomic E-state index is 12.2. The summed E-state index contributed by atoms with van der Waals surface area (Å²) in [7, 11) is 0. The lowest BCUT2D eigenvalue weighted by Crippen LogP contribution is -1.97. The molecule has 0 aliphatic heterocycles. The number of nitrogens with two attached hydrogens (primary N) is 1. The topological polar surface area (TPSA) is 118 Å². The molecule has 0 radical (unpaired) electrons.